The molecule has 0 saturated carbocycles. The molecule has 0 unspecified atom stereocenters. The average Bonchev–Trinajstić information content (AvgIpc) is 3.02. The van der Waals surface area contributed by atoms with Crippen molar-refractivity contribution < 1.29 is 9.59 Å². The van der Waals surface area contributed by atoms with Crippen LogP contribution in [0, 0.1) is 27.7 Å². The molecule has 0 fully saturated rings. The summed E-state index contributed by atoms with van der Waals surface area (Å²) in [7, 11) is 0. The average molecular weight is 437 g/mol. The van der Waals surface area contributed by atoms with Crippen LogP contribution in [0.4, 0.5) is 0 Å². The predicted molar refractivity (Wildman–Crippen MR) is 124 cm³/mol. The molecule has 2 amide bonds. The van der Waals surface area contributed by atoms with E-state index in [0.29, 0.717) is 5.02 Å². The number of benzene rings is 2. The number of nitrogens with one attached hydrogen (secondary N) is 2. The molecule has 3 aromatic rings. The predicted octanol–water partition coefficient (Wildman–Crippen LogP) is 4.13. The standard InChI is InChI=1S/C24H25ClN4O2/c1-15-5-6-16(2)22(11-15)29-17(3)12-20(18(29)4)14-27-28-24(31)23(30)26-13-19-7-9-21(25)10-8-19/h5-12,14H,13H2,1-4H3,(H,26,30)(H,28,31)/b27-14-. The van der Waals surface area contributed by atoms with E-state index in [-0.39, 0.29) is 6.54 Å². The summed E-state index contributed by atoms with van der Waals surface area (Å²) in [5.41, 5.74) is 9.49. The van der Waals surface area contributed by atoms with Crippen LogP contribution in [0.2, 0.25) is 5.02 Å². The summed E-state index contributed by atoms with van der Waals surface area (Å²) >= 11 is 5.84. The highest BCUT2D eigenvalue weighted by atomic mass is 35.5. The summed E-state index contributed by atoms with van der Waals surface area (Å²) in [6, 6.07) is 15.3. The third kappa shape index (κ3) is 5.41. The Bertz CT molecular complexity index is 1150. The Kier molecular flexibility index (Phi) is 6.92. The van der Waals surface area contributed by atoms with Crippen LogP contribution >= 0.6 is 11.6 Å². The lowest BCUT2D eigenvalue weighted by atomic mass is 10.1. The molecule has 160 valence electrons. The molecule has 1 aromatic heterocycles. The molecule has 6 nitrogen and oxygen atoms in total. The molecule has 0 aliphatic rings. The number of hydrazone groups is 1. The molecule has 0 radical (unpaired) electrons. The molecule has 0 aliphatic heterocycles. The lowest BCUT2D eigenvalue weighted by molar-refractivity contribution is -0.139. The van der Waals surface area contributed by atoms with Gasteiger partial charge in [0, 0.05) is 34.2 Å². The van der Waals surface area contributed by atoms with E-state index in [1.54, 1.807) is 30.5 Å². The lowest BCUT2D eigenvalue weighted by Gasteiger charge is -2.13. The zero-order valence-electron chi connectivity index (χ0n) is 18.0. The van der Waals surface area contributed by atoms with Crippen LogP contribution in [0.1, 0.15) is 33.6 Å². The van der Waals surface area contributed by atoms with Gasteiger partial charge in [-0.2, -0.15) is 5.10 Å². The molecule has 2 N–H and O–H groups in total. The number of carbonyl (C=O) groups is 2. The molecule has 3 rings (SSSR count). The quantitative estimate of drug-likeness (QED) is 0.358. The van der Waals surface area contributed by atoms with Crippen molar-refractivity contribution in [2.45, 2.75) is 34.2 Å². The van der Waals surface area contributed by atoms with Gasteiger partial charge in [0.2, 0.25) is 0 Å². The van der Waals surface area contributed by atoms with Gasteiger partial charge >= 0.3 is 11.8 Å². The number of carbonyl (C=O) groups excluding carboxylic acids is 2. The summed E-state index contributed by atoms with van der Waals surface area (Å²) in [6.45, 7) is 8.38. The second kappa shape index (κ2) is 9.62. The van der Waals surface area contributed by atoms with Crippen molar-refractivity contribution in [1.82, 2.24) is 15.3 Å². The number of nitrogens with zero attached hydrogens (tertiary/aromatic N) is 2. The highest BCUT2D eigenvalue weighted by Gasteiger charge is 2.14. The highest BCUT2D eigenvalue weighted by molar-refractivity contribution is 6.35. The number of amides is 2. The van der Waals surface area contributed by atoms with Crippen LogP contribution in [0.15, 0.2) is 53.6 Å². The minimum atomic E-state index is -0.825. The van der Waals surface area contributed by atoms with Gasteiger partial charge in [0.25, 0.3) is 0 Å². The van der Waals surface area contributed by atoms with Gasteiger partial charge in [-0.25, -0.2) is 5.43 Å². The zero-order valence-corrected chi connectivity index (χ0v) is 18.7. The maximum atomic E-state index is 12.0. The Morgan fingerprint density at radius 2 is 1.71 bits per heavy atom. The number of aromatic nitrogens is 1. The second-order valence-electron chi connectivity index (χ2n) is 7.46. The smallest absolute Gasteiger partial charge is 0.329 e. The molecule has 2 aromatic carbocycles. The Balaban J connectivity index is 1.64. The first kappa shape index (κ1) is 22.3. The summed E-state index contributed by atoms with van der Waals surface area (Å²) in [5.74, 6) is -1.58. The third-order valence-electron chi connectivity index (χ3n) is 5.02. The van der Waals surface area contributed by atoms with Gasteiger partial charge in [0.15, 0.2) is 0 Å². The Morgan fingerprint density at radius 1 is 1.00 bits per heavy atom. The first-order chi connectivity index (χ1) is 14.8. The topological polar surface area (TPSA) is 75.5 Å². The highest BCUT2D eigenvalue weighted by Crippen LogP contribution is 2.23. The fraction of sp³-hybridized carbons (Fsp3) is 0.208. The molecular weight excluding hydrogens is 412 g/mol. The van der Waals surface area contributed by atoms with Crippen molar-refractivity contribution in [3.05, 3.63) is 87.2 Å². The van der Waals surface area contributed by atoms with Crippen molar-refractivity contribution in [2.24, 2.45) is 5.10 Å². The fourth-order valence-corrected chi connectivity index (χ4v) is 3.45. The molecular formula is C24H25ClN4O2. The van der Waals surface area contributed by atoms with Gasteiger partial charge in [-0.15, -0.1) is 0 Å². The van der Waals surface area contributed by atoms with Gasteiger partial charge in [-0.3, -0.25) is 9.59 Å². The Labute approximate surface area is 186 Å². The number of hydrogen-bond donors (Lipinski definition) is 2. The van der Waals surface area contributed by atoms with E-state index in [1.807, 2.05) is 19.9 Å². The second-order valence-corrected chi connectivity index (χ2v) is 7.90. The molecule has 31 heavy (non-hydrogen) atoms. The number of halogens is 1. The molecule has 1 heterocycles. The van der Waals surface area contributed by atoms with Gasteiger partial charge in [-0.05, 0) is 68.7 Å². The summed E-state index contributed by atoms with van der Waals surface area (Å²) < 4.78 is 2.16. The van der Waals surface area contributed by atoms with Gasteiger partial charge in [0.05, 0.1) is 6.21 Å². The van der Waals surface area contributed by atoms with Crippen LogP contribution in [0.25, 0.3) is 5.69 Å². The molecule has 7 heteroatoms. The number of rotatable bonds is 5. The molecule has 0 spiro atoms. The summed E-state index contributed by atoms with van der Waals surface area (Å²) in [5, 5.41) is 7.12. The molecule has 0 atom stereocenters. The van der Waals surface area contributed by atoms with E-state index < -0.39 is 11.8 Å². The number of aryl methyl sites for hydroxylation is 3. The van der Waals surface area contributed by atoms with E-state index in [4.69, 9.17) is 11.6 Å². The van der Waals surface area contributed by atoms with Gasteiger partial charge in [-0.1, -0.05) is 35.9 Å². The van der Waals surface area contributed by atoms with Crippen molar-refractivity contribution in [1.29, 1.82) is 0 Å². The molecule has 0 aliphatic carbocycles. The Morgan fingerprint density at radius 3 is 2.42 bits per heavy atom. The van der Waals surface area contributed by atoms with E-state index in [2.05, 4.69) is 52.5 Å². The Hall–Kier alpha value is -3.38. The van der Waals surface area contributed by atoms with Crippen molar-refractivity contribution in [3.63, 3.8) is 0 Å². The van der Waals surface area contributed by atoms with E-state index in [9.17, 15) is 9.59 Å². The van der Waals surface area contributed by atoms with Crippen LogP contribution in [0.3, 0.4) is 0 Å². The lowest BCUT2D eigenvalue weighted by Crippen LogP contribution is -2.37. The monoisotopic (exact) mass is 436 g/mol. The fourth-order valence-electron chi connectivity index (χ4n) is 3.33. The largest absolute Gasteiger partial charge is 0.344 e. The first-order valence-electron chi connectivity index (χ1n) is 9.88. The van der Waals surface area contributed by atoms with Crippen molar-refractivity contribution in [2.75, 3.05) is 0 Å². The van der Waals surface area contributed by atoms with Crippen LogP contribution < -0.4 is 10.7 Å². The molecule has 0 bridgehead atoms. The van der Waals surface area contributed by atoms with E-state index >= 15 is 0 Å². The summed E-state index contributed by atoms with van der Waals surface area (Å²) in [4.78, 5) is 24.0. The minimum Gasteiger partial charge on any atom is -0.344 e. The first-order valence-corrected chi connectivity index (χ1v) is 10.3. The van der Waals surface area contributed by atoms with E-state index in [1.165, 1.54) is 11.1 Å². The van der Waals surface area contributed by atoms with Crippen LogP contribution in [-0.2, 0) is 16.1 Å². The molecule has 0 saturated heterocycles. The van der Waals surface area contributed by atoms with Gasteiger partial charge < -0.3 is 9.88 Å². The third-order valence-corrected chi connectivity index (χ3v) is 5.27. The van der Waals surface area contributed by atoms with Crippen molar-refractivity contribution >= 4 is 29.6 Å². The maximum absolute atomic E-state index is 12.0. The van der Waals surface area contributed by atoms with E-state index in [0.717, 1.165) is 28.2 Å². The normalized spacial score (nSPS) is 11.0. The summed E-state index contributed by atoms with van der Waals surface area (Å²) in [6.07, 6.45) is 1.55. The number of hydrogen-bond acceptors (Lipinski definition) is 3. The van der Waals surface area contributed by atoms with Crippen LogP contribution in [-0.4, -0.2) is 22.6 Å². The maximum Gasteiger partial charge on any atom is 0.329 e. The SMILES string of the molecule is Cc1ccc(C)c(-n2c(C)cc(/C=N\NC(=O)C(=O)NCc3ccc(Cl)cc3)c2C)c1. The minimum absolute atomic E-state index is 0.226. The van der Waals surface area contributed by atoms with Crippen molar-refractivity contribution in [3.8, 4) is 5.69 Å². The van der Waals surface area contributed by atoms with Crippen LogP contribution in [0.5, 0.6) is 0 Å². The van der Waals surface area contributed by atoms with Gasteiger partial charge in [0.1, 0.15) is 0 Å². The zero-order chi connectivity index (χ0) is 22.5.